The molecule has 5 N–H and O–H groups in total. The van der Waals surface area contributed by atoms with E-state index in [-0.39, 0.29) is 4.86 Å². The Morgan fingerprint density at radius 2 is 1.64 bits per heavy atom. The second-order valence-electron chi connectivity index (χ2n) is 3.00. The van der Waals surface area contributed by atoms with Crippen LogP contribution in [0, 0.1) is 0 Å². The maximum Gasteiger partial charge on any atom is 0.114 e. The van der Waals surface area contributed by atoms with Crippen LogP contribution in [0.15, 0.2) is 0 Å². The summed E-state index contributed by atoms with van der Waals surface area (Å²) < 4.78 is 0. The summed E-state index contributed by atoms with van der Waals surface area (Å²) in [6.45, 7) is 1.01. The maximum absolute atomic E-state index is 9.36. The highest BCUT2D eigenvalue weighted by molar-refractivity contribution is 7.80. The van der Waals surface area contributed by atoms with Gasteiger partial charge in [-0.1, -0.05) is 19.1 Å². The van der Waals surface area contributed by atoms with Crippen molar-refractivity contribution in [2.45, 2.75) is 37.8 Å². The Morgan fingerprint density at radius 3 is 2.00 bits per heavy atom. The first-order valence-corrected chi connectivity index (χ1v) is 4.72. The predicted molar refractivity (Wildman–Crippen MR) is 54.0 cm³/mol. The van der Waals surface area contributed by atoms with Crippen LogP contribution >= 0.6 is 12.2 Å². The zero-order chi connectivity index (χ0) is 11.3. The molecular formula is C8H16O5S. The third-order valence-corrected chi connectivity index (χ3v) is 2.46. The molecule has 0 bridgehead atoms. The number of hydrogen-bond acceptors (Lipinski definition) is 6. The van der Waals surface area contributed by atoms with Gasteiger partial charge in [0.1, 0.15) is 24.4 Å². The fourth-order valence-electron chi connectivity index (χ4n) is 0.922. The van der Waals surface area contributed by atoms with Crippen molar-refractivity contribution in [2.75, 3.05) is 6.61 Å². The Balaban J connectivity index is 4.30. The lowest BCUT2D eigenvalue weighted by Crippen LogP contribution is -2.48. The largest absolute Gasteiger partial charge is 0.394 e. The third-order valence-electron chi connectivity index (χ3n) is 1.93. The fraction of sp³-hybridized carbons (Fsp3) is 0.875. The summed E-state index contributed by atoms with van der Waals surface area (Å²) >= 11 is 4.73. The van der Waals surface area contributed by atoms with Crippen LogP contribution in [-0.2, 0) is 0 Å². The Hall–Kier alpha value is -0.110. The number of aliphatic hydroxyl groups is 5. The molecule has 0 amide bonds. The van der Waals surface area contributed by atoms with Crippen molar-refractivity contribution >= 4 is 17.1 Å². The van der Waals surface area contributed by atoms with Gasteiger partial charge in [0.05, 0.1) is 6.61 Å². The van der Waals surface area contributed by atoms with Crippen LogP contribution in [0.2, 0.25) is 0 Å². The molecule has 0 aromatic carbocycles. The van der Waals surface area contributed by atoms with E-state index >= 15 is 0 Å². The van der Waals surface area contributed by atoms with Gasteiger partial charge in [-0.05, 0) is 6.42 Å². The molecule has 0 aromatic rings. The molecule has 5 nitrogen and oxygen atoms in total. The van der Waals surface area contributed by atoms with Crippen molar-refractivity contribution in [1.82, 2.24) is 0 Å². The van der Waals surface area contributed by atoms with Crippen molar-refractivity contribution in [3.05, 3.63) is 0 Å². The van der Waals surface area contributed by atoms with Crippen LogP contribution in [-0.4, -0.2) is 61.4 Å². The molecule has 0 aliphatic heterocycles. The van der Waals surface area contributed by atoms with Crippen molar-refractivity contribution in [1.29, 1.82) is 0 Å². The van der Waals surface area contributed by atoms with Gasteiger partial charge < -0.3 is 25.5 Å². The molecule has 0 unspecified atom stereocenters. The number of rotatable bonds is 6. The molecule has 0 saturated heterocycles. The average Bonchev–Trinajstić information content (AvgIpc) is 2.23. The van der Waals surface area contributed by atoms with Gasteiger partial charge in [-0.15, -0.1) is 0 Å². The summed E-state index contributed by atoms with van der Waals surface area (Å²) in [6, 6.07) is 0. The van der Waals surface area contributed by atoms with Crippen LogP contribution in [0.25, 0.3) is 0 Å². The minimum Gasteiger partial charge on any atom is -0.394 e. The van der Waals surface area contributed by atoms with E-state index in [9.17, 15) is 15.3 Å². The molecule has 0 aliphatic rings. The standard InChI is InChI=1S/C8H16O5S/c1-2-5(14)7(12)8(13)6(11)4(10)3-9/h4,6-13H,2-3H2,1H3/t4-,6-,7+,8-/m1/s1. The van der Waals surface area contributed by atoms with E-state index in [1.54, 1.807) is 6.92 Å². The van der Waals surface area contributed by atoms with E-state index in [0.717, 1.165) is 0 Å². The van der Waals surface area contributed by atoms with Crippen molar-refractivity contribution < 1.29 is 25.5 Å². The molecule has 0 saturated carbocycles. The van der Waals surface area contributed by atoms with Crippen LogP contribution in [0.3, 0.4) is 0 Å². The molecule has 14 heavy (non-hydrogen) atoms. The highest BCUT2D eigenvalue weighted by Gasteiger charge is 2.31. The first-order chi connectivity index (χ1) is 6.45. The summed E-state index contributed by atoms with van der Waals surface area (Å²) in [5.41, 5.74) is 0. The lowest BCUT2D eigenvalue weighted by atomic mass is 10.0. The monoisotopic (exact) mass is 224 g/mol. The van der Waals surface area contributed by atoms with E-state index < -0.39 is 31.0 Å². The summed E-state index contributed by atoms with van der Waals surface area (Å²) in [7, 11) is 0. The molecule has 0 aliphatic carbocycles. The van der Waals surface area contributed by atoms with Crippen molar-refractivity contribution in [3.8, 4) is 0 Å². The van der Waals surface area contributed by atoms with Gasteiger partial charge >= 0.3 is 0 Å². The molecule has 0 aromatic heterocycles. The highest BCUT2D eigenvalue weighted by Crippen LogP contribution is 2.08. The van der Waals surface area contributed by atoms with E-state index in [1.807, 2.05) is 0 Å². The summed E-state index contributed by atoms with van der Waals surface area (Å²) in [5, 5.41) is 45.4. The molecule has 0 heterocycles. The SMILES string of the molecule is CCC(=S)[C@H](O)[C@H](O)[C@H](O)[C@H](O)CO. The lowest BCUT2D eigenvalue weighted by Gasteiger charge is -2.25. The molecular weight excluding hydrogens is 208 g/mol. The van der Waals surface area contributed by atoms with Gasteiger partial charge in [-0.25, -0.2) is 0 Å². The first kappa shape index (κ1) is 13.9. The number of thiocarbonyl (C=S) groups is 1. The number of hydrogen-bond donors (Lipinski definition) is 5. The third kappa shape index (κ3) is 3.56. The minimum absolute atomic E-state index is 0.196. The van der Waals surface area contributed by atoms with Crippen LogP contribution in [0.4, 0.5) is 0 Å². The summed E-state index contributed by atoms with van der Waals surface area (Å²) in [4.78, 5) is 0.196. The minimum atomic E-state index is -1.61. The Bertz CT molecular complexity index is 187. The zero-order valence-corrected chi connectivity index (χ0v) is 8.68. The van der Waals surface area contributed by atoms with Crippen molar-refractivity contribution in [3.63, 3.8) is 0 Å². The van der Waals surface area contributed by atoms with Crippen LogP contribution in [0.5, 0.6) is 0 Å². The van der Waals surface area contributed by atoms with E-state index in [4.69, 9.17) is 22.4 Å². The molecule has 84 valence electrons. The topological polar surface area (TPSA) is 101 Å². The van der Waals surface area contributed by atoms with E-state index in [2.05, 4.69) is 0 Å². The molecule has 0 fully saturated rings. The quantitative estimate of drug-likeness (QED) is 0.341. The Kier molecular flexibility index (Phi) is 6.34. The smallest absolute Gasteiger partial charge is 0.114 e. The van der Waals surface area contributed by atoms with Gasteiger partial charge in [0.15, 0.2) is 0 Å². The summed E-state index contributed by atoms with van der Waals surface area (Å²) in [5.74, 6) is 0. The normalized spacial score (nSPS) is 19.9. The molecule has 0 rings (SSSR count). The molecule has 0 radical (unpaired) electrons. The molecule has 6 heteroatoms. The van der Waals surface area contributed by atoms with Gasteiger partial charge in [0.25, 0.3) is 0 Å². The fourth-order valence-corrected chi connectivity index (χ4v) is 1.06. The average molecular weight is 224 g/mol. The van der Waals surface area contributed by atoms with Crippen molar-refractivity contribution in [2.24, 2.45) is 0 Å². The lowest BCUT2D eigenvalue weighted by molar-refractivity contribution is -0.101. The predicted octanol–water partition coefficient (Wildman–Crippen LogP) is -1.80. The second-order valence-corrected chi connectivity index (χ2v) is 3.52. The number of aliphatic hydroxyl groups excluding tert-OH is 5. The molecule has 4 atom stereocenters. The first-order valence-electron chi connectivity index (χ1n) is 4.31. The van der Waals surface area contributed by atoms with Gasteiger partial charge in [-0.3, -0.25) is 0 Å². The van der Waals surface area contributed by atoms with Gasteiger partial charge in [0, 0.05) is 4.86 Å². The van der Waals surface area contributed by atoms with Crippen LogP contribution in [0.1, 0.15) is 13.3 Å². The second kappa shape index (κ2) is 6.39. The van der Waals surface area contributed by atoms with E-state index in [1.165, 1.54) is 0 Å². The van der Waals surface area contributed by atoms with E-state index in [0.29, 0.717) is 6.42 Å². The highest BCUT2D eigenvalue weighted by atomic mass is 32.1. The maximum atomic E-state index is 9.36. The Morgan fingerprint density at radius 1 is 1.14 bits per heavy atom. The zero-order valence-electron chi connectivity index (χ0n) is 7.87. The molecule has 0 spiro atoms. The van der Waals surface area contributed by atoms with Gasteiger partial charge in [0.2, 0.25) is 0 Å². The van der Waals surface area contributed by atoms with Gasteiger partial charge in [-0.2, -0.15) is 0 Å². The summed E-state index contributed by atoms with van der Waals surface area (Å²) in [6.07, 6.45) is -5.66. The Labute approximate surface area is 87.6 Å². The van der Waals surface area contributed by atoms with Crippen LogP contribution < -0.4 is 0 Å².